The minimum Gasteiger partial charge on any atom is -0.497 e. The van der Waals surface area contributed by atoms with E-state index in [9.17, 15) is 18.5 Å². The fourth-order valence-electron chi connectivity index (χ4n) is 1.66. The van der Waals surface area contributed by atoms with E-state index >= 15 is 0 Å². The van der Waals surface area contributed by atoms with Gasteiger partial charge in [-0.1, -0.05) is 11.6 Å². The number of ether oxygens (including phenoxy) is 1. The molecule has 2 rings (SSSR count). The zero-order chi connectivity index (χ0) is 16.3. The van der Waals surface area contributed by atoms with Crippen molar-refractivity contribution in [3.63, 3.8) is 0 Å². The van der Waals surface area contributed by atoms with E-state index in [2.05, 4.69) is 4.72 Å². The van der Waals surface area contributed by atoms with Crippen molar-refractivity contribution in [3.05, 3.63) is 57.6 Å². The molecule has 0 spiro atoms. The molecule has 0 aliphatic heterocycles. The molecule has 0 radical (unpaired) electrons. The number of nitro benzene ring substituents is 1. The van der Waals surface area contributed by atoms with Crippen LogP contribution in [0.15, 0.2) is 47.4 Å². The highest BCUT2D eigenvalue weighted by Crippen LogP contribution is 2.28. The van der Waals surface area contributed by atoms with Crippen LogP contribution in [0.3, 0.4) is 0 Å². The molecule has 7 nitrogen and oxygen atoms in total. The Balaban J connectivity index is 2.30. The van der Waals surface area contributed by atoms with Gasteiger partial charge in [0.25, 0.3) is 15.7 Å². The van der Waals surface area contributed by atoms with Crippen LogP contribution >= 0.6 is 11.6 Å². The summed E-state index contributed by atoms with van der Waals surface area (Å²) in [4.78, 5) is 10.0. The molecule has 0 atom stereocenters. The van der Waals surface area contributed by atoms with Crippen molar-refractivity contribution < 1.29 is 18.1 Å². The quantitative estimate of drug-likeness (QED) is 0.665. The molecule has 1 N–H and O–H groups in total. The number of methoxy groups -OCH3 is 1. The Hall–Kier alpha value is -2.32. The van der Waals surface area contributed by atoms with Crippen molar-refractivity contribution >= 4 is 33.0 Å². The van der Waals surface area contributed by atoms with Crippen molar-refractivity contribution in [2.24, 2.45) is 0 Å². The van der Waals surface area contributed by atoms with E-state index in [-0.39, 0.29) is 21.3 Å². The minimum absolute atomic E-state index is 0.0164. The van der Waals surface area contributed by atoms with E-state index in [1.54, 1.807) is 0 Å². The number of nitrogens with one attached hydrogen (secondary N) is 1. The summed E-state index contributed by atoms with van der Waals surface area (Å²) in [7, 11) is -2.38. The van der Waals surface area contributed by atoms with Gasteiger partial charge in [-0.2, -0.15) is 0 Å². The van der Waals surface area contributed by atoms with Gasteiger partial charge in [-0.3, -0.25) is 14.8 Å². The molecule has 9 heteroatoms. The lowest BCUT2D eigenvalue weighted by atomic mass is 10.3. The van der Waals surface area contributed by atoms with Gasteiger partial charge in [0, 0.05) is 12.1 Å². The zero-order valence-corrected chi connectivity index (χ0v) is 12.9. The largest absolute Gasteiger partial charge is 0.497 e. The predicted octanol–water partition coefficient (Wildman–Crippen LogP) is 3.06. The first-order chi connectivity index (χ1) is 10.3. The summed E-state index contributed by atoms with van der Waals surface area (Å²) >= 11 is 5.86. The maximum Gasteiger partial charge on any atom is 0.271 e. The van der Waals surface area contributed by atoms with Gasteiger partial charge in [0.2, 0.25) is 0 Å². The van der Waals surface area contributed by atoms with Crippen LogP contribution < -0.4 is 9.46 Å². The first-order valence-electron chi connectivity index (χ1n) is 5.94. The maximum absolute atomic E-state index is 12.2. The number of halogens is 1. The van der Waals surface area contributed by atoms with Crippen molar-refractivity contribution in [3.8, 4) is 5.75 Å². The van der Waals surface area contributed by atoms with Crippen LogP contribution in [0.4, 0.5) is 11.4 Å². The second-order valence-corrected chi connectivity index (χ2v) is 6.29. The Kier molecular flexibility index (Phi) is 4.53. The molecular weight excluding hydrogens is 332 g/mol. The maximum atomic E-state index is 12.2. The fraction of sp³-hybridized carbons (Fsp3) is 0.0769. The molecule has 0 amide bonds. The van der Waals surface area contributed by atoms with Crippen LogP contribution in [0.5, 0.6) is 5.75 Å². The van der Waals surface area contributed by atoms with E-state index in [0.29, 0.717) is 5.75 Å². The summed E-state index contributed by atoms with van der Waals surface area (Å²) in [6.45, 7) is 0. The predicted molar refractivity (Wildman–Crippen MR) is 81.9 cm³/mol. The van der Waals surface area contributed by atoms with Gasteiger partial charge in [-0.25, -0.2) is 8.42 Å². The molecule has 116 valence electrons. The van der Waals surface area contributed by atoms with Gasteiger partial charge in [-0.05, 0) is 30.3 Å². The molecule has 0 saturated heterocycles. The number of nitro groups is 1. The lowest BCUT2D eigenvalue weighted by Gasteiger charge is -2.10. The molecule has 22 heavy (non-hydrogen) atoms. The number of hydrogen-bond donors (Lipinski definition) is 1. The number of benzene rings is 2. The number of hydrogen-bond acceptors (Lipinski definition) is 5. The fourth-order valence-corrected chi connectivity index (χ4v) is 3.02. The molecule has 0 bridgehead atoms. The number of nitrogens with zero attached hydrogens (tertiary/aromatic N) is 1. The number of anilines is 1. The van der Waals surface area contributed by atoms with Crippen molar-refractivity contribution in [2.75, 3.05) is 11.8 Å². The zero-order valence-electron chi connectivity index (χ0n) is 11.3. The molecule has 0 saturated carbocycles. The van der Waals surface area contributed by atoms with Gasteiger partial charge in [0.05, 0.1) is 27.6 Å². The third kappa shape index (κ3) is 3.46. The van der Waals surface area contributed by atoms with E-state index in [1.807, 2.05) is 0 Å². The number of rotatable bonds is 5. The summed E-state index contributed by atoms with van der Waals surface area (Å²) in [5.74, 6) is 0.521. The summed E-state index contributed by atoms with van der Waals surface area (Å²) < 4.78 is 31.7. The molecule has 0 aromatic heterocycles. The molecule has 0 unspecified atom stereocenters. The Morgan fingerprint density at radius 2 is 1.82 bits per heavy atom. The molecule has 0 aliphatic carbocycles. The Morgan fingerprint density at radius 3 is 2.32 bits per heavy atom. The van der Waals surface area contributed by atoms with Gasteiger partial charge in [0.15, 0.2) is 0 Å². The Labute approximate surface area is 131 Å². The smallest absolute Gasteiger partial charge is 0.271 e. The third-order valence-electron chi connectivity index (χ3n) is 2.78. The molecule has 2 aromatic rings. The molecule has 0 fully saturated rings. The standard InChI is InChI=1S/C13H11ClN2O5S/c1-21-10-3-5-11(6-4-10)22(19,20)15-13-7-2-9(16(17)18)8-12(13)14/h2-8,15H,1H3. The van der Waals surface area contributed by atoms with Crippen molar-refractivity contribution in [1.29, 1.82) is 0 Å². The average Bonchev–Trinajstić information content (AvgIpc) is 2.49. The number of non-ortho nitro benzene ring substituents is 1. The molecule has 0 heterocycles. The van der Waals surface area contributed by atoms with Gasteiger partial charge >= 0.3 is 0 Å². The van der Waals surface area contributed by atoms with Crippen LogP contribution in [0, 0.1) is 10.1 Å². The van der Waals surface area contributed by atoms with E-state index in [1.165, 1.54) is 37.4 Å². The third-order valence-corrected chi connectivity index (χ3v) is 4.47. The van der Waals surface area contributed by atoms with Crippen LogP contribution in [0.1, 0.15) is 0 Å². The monoisotopic (exact) mass is 342 g/mol. The van der Waals surface area contributed by atoms with Crippen LogP contribution in [0.2, 0.25) is 5.02 Å². The topological polar surface area (TPSA) is 98.5 Å². The van der Waals surface area contributed by atoms with Crippen molar-refractivity contribution in [1.82, 2.24) is 0 Å². The highest BCUT2D eigenvalue weighted by molar-refractivity contribution is 7.92. The average molecular weight is 343 g/mol. The Bertz CT molecular complexity index is 806. The SMILES string of the molecule is COc1ccc(S(=O)(=O)Nc2ccc([N+](=O)[O-])cc2Cl)cc1. The summed E-state index contributed by atoms with van der Waals surface area (Å²) in [6.07, 6.45) is 0. The van der Waals surface area contributed by atoms with Crippen molar-refractivity contribution in [2.45, 2.75) is 4.90 Å². The Morgan fingerprint density at radius 1 is 1.18 bits per heavy atom. The van der Waals surface area contributed by atoms with Crippen LogP contribution in [-0.4, -0.2) is 20.5 Å². The van der Waals surface area contributed by atoms with Crippen LogP contribution in [-0.2, 0) is 10.0 Å². The van der Waals surface area contributed by atoms with E-state index in [4.69, 9.17) is 16.3 Å². The molecule has 2 aromatic carbocycles. The highest BCUT2D eigenvalue weighted by atomic mass is 35.5. The summed E-state index contributed by atoms with van der Waals surface area (Å²) in [5.41, 5.74) is -0.166. The highest BCUT2D eigenvalue weighted by Gasteiger charge is 2.17. The van der Waals surface area contributed by atoms with Gasteiger partial charge in [-0.15, -0.1) is 0 Å². The van der Waals surface area contributed by atoms with Gasteiger partial charge < -0.3 is 4.74 Å². The lowest BCUT2D eigenvalue weighted by molar-refractivity contribution is -0.384. The lowest BCUT2D eigenvalue weighted by Crippen LogP contribution is -2.13. The second kappa shape index (κ2) is 6.20. The molecule has 0 aliphatic rings. The summed E-state index contributed by atoms with van der Waals surface area (Å²) in [5, 5.41) is 10.6. The number of sulfonamides is 1. The normalized spacial score (nSPS) is 11.0. The van der Waals surface area contributed by atoms with Gasteiger partial charge in [0.1, 0.15) is 5.75 Å². The van der Waals surface area contributed by atoms with E-state index < -0.39 is 14.9 Å². The first kappa shape index (κ1) is 16.1. The second-order valence-electron chi connectivity index (χ2n) is 4.20. The molecular formula is C13H11ClN2O5S. The van der Waals surface area contributed by atoms with E-state index in [0.717, 1.165) is 12.1 Å². The van der Waals surface area contributed by atoms with Crippen LogP contribution in [0.25, 0.3) is 0 Å². The summed E-state index contributed by atoms with van der Waals surface area (Å²) in [6, 6.07) is 9.24. The minimum atomic E-state index is -3.85. The first-order valence-corrected chi connectivity index (χ1v) is 7.80.